The second kappa shape index (κ2) is 9.20. The summed E-state index contributed by atoms with van der Waals surface area (Å²) in [6.07, 6.45) is 1.21. The van der Waals surface area contributed by atoms with Gasteiger partial charge in [-0.15, -0.1) is 24.0 Å². The third kappa shape index (κ3) is 11.9. The first-order valence-electron chi connectivity index (χ1n) is 4.69. The SMILES string of the molecule is CCNC(=NCCS(C)(=O)=O)NCC.I. The van der Waals surface area contributed by atoms with E-state index in [4.69, 9.17) is 0 Å². The Kier molecular flexibility index (Phi) is 10.6. The lowest BCUT2D eigenvalue weighted by Gasteiger charge is -2.08. The molecule has 0 amide bonds. The molecule has 0 saturated heterocycles. The molecule has 0 atom stereocenters. The van der Waals surface area contributed by atoms with Crippen LogP contribution in [0.4, 0.5) is 0 Å². The van der Waals surface area contributed by atoms with Crippen LogP contribution < -0.4 is 10.6 Å². The maximum absolute atomic E-state index is 10.8. The highest BCUT2D eigenvalue weighted by Gasteiger charge is 2.00. The Balaban J connectivity index is 0. The van der Waals surface area contributed by atoms with Gasteiger partial charge in [0.05, 0.1) is 12.3 Å². The Morgan fingerprint density at radius 2 is 1.67 bits per heavy atom. The molecule has 0 heterocycles. The molecule has 2 N–H and O–H groups in total. The van der Waals surface area contributed by atoms with Crippen molar-refractivity contribution in [2.24, 2.45) is 4.99 Å². The summed E-state index contributed by atoms with van der Waals surface area (Å²) in [5, 5.41) is 6.03. The molecule has 0 aliphatic heterocycles. The molecule has 0 radical (unpaired) electrons. The lowest BCUT2D eigenvalue weighted by atomic mass is 10.6. The van der Waals surface area contributed by atoms with E-state index in [-0.39, 0.29) is 29.7 Å². The zero-order chi connectivity index (χ0) is 11.0. The fourth-order valence-corrected chi connectivity index (χ4v) is 1.26. The lowest BCUT2D eigenvalue weighted by Crippen LogP contribution is -2.37. The first-order chi connectivity index (χ1) is 6.49. The van der Waals surface area contributed by atoms with Crippen molar-refractivity contribution in [3.05, 3.63) is 0 Å². The van der Waals surface area contributed by atoms with E-state index in [1.807, 2.05) is 13.8 Å². The van der Waals surface area contributed by atoms with Crippen LogP contribution in [0.2, 0.25) is 0 Å². The van der Waals surface area contributed by atoms with Gasteiger partial charge in [-0.2, -0.15) is 0 Å². The lowest BCUT2D eigenvalue weighted by molar-refractivity contribution is 0.601. The van der Waals surface area contributed by atoms with Crippen LogP contribution >= 0.6 is 24.0 Å². The number of hydrogen-bond acceptors (Lipinski definition) is 3. The summed E-state index contributed by atoms with van der Waals surface area (Å²) in [6.45, 7) is 5.76. The van der Waals surface area contributed by atoms with Crippen molar-refractivity contribution < 1.29 is 8.42 Å². The molecule has 0 aromatic rings. The summed E-state index contributed by atoms with van der Waals surface area (Å²) in [4.78, 5) is 4.10. The van der Waals surface area contributed by atoms with Crippen LogP contribution in [0.1, 0.15) is 13.8 Å². The number of nitrogens with one attached hydrogen (secondary N) is 2. The fourth-order valence-electron chi connectivity index (χ4n) is 0.832. The molecule has 0 saturated carbocycles. The van der Waals surface area contributed by atoms with Gasteiger partial charge in [-0.25, -0.2) is 8.42 Å². The normalized spacial score (nSPS) is 10.1. The Morgan fingerprint density at radius 3 is 2.00 bits per heavy atom. The van der Waals surface area contributed by atoms with Crippen LogP contribution in [-0.4, -0.2) is 46.0 Å². The first-order valence-corrected chi connectivity index (χ1v) is 6.75. The van der Waals surface area contributed by atoms with Crippen LogP contribution in [0.5, 0.6) is 0 Å². The molecule has 92 valence electrons. The number of nitrogens with zero attached hydrogens (tertiary/aromatic N) is 1. The van der Waals surface area contributed by atoms with E-state index < -0.39 is 9.84 Å². The Hall–Kier alpha value is -0.0500. The van der Waals surface area contributed by atoms with Crippen molar-refractivity contribution in [2.75, 3.05) is 31.6 Å². The van der Waals surface area contributed by atoms with E-state index in [0.29, 0.717) is 12.5 Å². The van der Waals surface area contributed by atoms with E-state index >= 15 is 0 Å². The average molecular weight is 349 g/mol. The minimum atomic E-state index is -2.91. The third-order valence-corrected chi connectivity index (χ3v) is 2.34. The molecule has 0 bridgehead atoms. The van der Waals surface area contributed by atoms with Gasteiger partial charge in [0, 0.05) is 19.3 Å². The van der Waals surface area contributed by atoms with Gasteiger partial charge in [-0.05, 0) is 13.8 Å². The topological polar surface area (TPSA) is 70.6 Å². The predicted octanol–water partition coefficient (Wildman–Crippen LogP) is 0.224. The number of hydrogen-bond donors (Lipinski definition) is 2. The highest BCUT2D eigenvalue weighted by atomic mass is 127. The molecule has 0 aliphatic rings. The van der Waals surface area contributed by atoms with Gasteiger partial charge in [0.1, 0.15) is 9.84 Å². The molecule has 5 nitrogen and oxygen atoms in total. The van der Waals surface area contributed by atoms with Gasteiger partial charge in [-0.3, -0.25) is 4.99 Å². The van der Waals surface area contributed by atoms with Gasteiger partial charge in [0.2, 0.25) is 0 Å². The van der Waals surface area contributed by atoms with E-state index in [2.05, 4.69) is 15.6 Å². The second-order valence-electron chi connectivity index (χ2n) is 2.92. The molecule has 0 spiro atoms. The van der Waals surface area contributed by atoms with Gasteiger partial charge in [0.25, 0.3) is 0 Å². The van der Waals surface area contributed by atoms with Crippen LogP contribution in [0.25, 0.3) is 0 Å². The van der Waals surface area contributed by atoms with Crippen molar-refractivity contribution in [2.45, 2.75) is 13.8 Å². The van der Waals surface area contributed by atoms with Crippen molar-refractivity contribution in [1.29, 1.82) is 0 Å². The predicted molar refractivity (Wildman–Crippen MR) is 74.8 cm³/mol. The summed E-state index contributed by atoms with van der Waals surface area (Å²) in [7, 11) is -2.91. The first kappa shape index (κ1) is 17.3. The van der Waals surface area contributed by atoms with Crippen LogP contribution in [-0.2, 0) is 9.84 Å². The monoisotopic (exact) mass is 349 g/mol. The molecule has 0 aliphatic carbocycles. The quantitative estimate of drug-likeness (QED) is 0.423. The summed E-state index contributed by atoms with van der Waals surface area (Å²) in [5.41, 5.74) is 0. The molecule has 15 heavy (non-hydrogen) atoms. The van der Waals surface area contributed by atoms with Crippen LogP contribution in [0.3, 0.4) is 0 Å². The summed E-state index contributed by atoms with van der Waals surface area (Å²) in [5.74, 6) is 0.756. The zero-order valence-corrected chi connectivity index (χ0v) is 12.6. The molecule has 0 rings (SSSR count). The molecule has 0 aromatic carbocycles. The minimum Gasteiger partial charge on any atom is -0.357 e. The minimum absolute atomic E-state index is 0. The van der Waals surface area contributed by atoms with E-state index in [0.717, 1.165) is 13.1 Å². The van der Waals surface area contributed by atoms with Gasteiger partial charge in [-0.1, -0.05) is 0 Å². The van der Waals surface area contributed by atoms with E-state index in [1.54, 1.807) is 0 Å². The molecular formula is C8H20IN3O2S. The Bertz CT molecular complexity index is 270. The van der Waals surface area contributed by atoms with Crippen molar-refractivity contribution in [3.8, 4) is 0 Å². The van der Waals surface area contributed by atoms with Crippen LogP contribution in [0.15, 0.2) is 4.99 Å². The highest BCUT2D eigenvalue weighted by molar-refractivity contribution is 14.0. The number of rotatable bonds is 5. The van der Waals surface area contributed by atoms with Crippen LogP contribution in [0, 0.1) is 0 Å². The van der Waals surface area contributed by atoms with Crippen molar-refractivity contribution in [3.63, 3.8) is 0 Å². The summed E-state index contributed by atoms with van der Waals surface area (Å²) in [6, 6.07) is 0. The van der Waals surface area contributed by atoms with Crippen molar-refractivity contribution >= 4 is 39.8 Å². The number of sulfone groups is 1. The van der Waals surface area contributed by atoms with Crippen molar-refractivity contribution in [1.82, 2.24) is 10.6 Å². The van der Waals surface area contributed by atoms with Gasteiger partial charge in [0.15, 0.2) is 5.96 Å². The zero-order valence-electron chi connectivity index (χ0n) is 9.41. The maximum atomic E-state index is 10.8. The third-order valence-electron chi connectivity index (χ3n) is 1.42. The molecule has 0 aromatic heterocycles. The molecular weight excluding hydrogens is 329 g/mol. The Morgan fingerprint density at radius 1 is 1.20 bits per heavy atom. The standard InChI is InChI=1S/C8H19N3O2S.HI/c1-4-9-8(10-5-2)11-6-7-14(3,12)13;/h4-7H2,1-3H3,(H2,9,10,11);1H. The van der Waals surface area contributed by atoms with E-state index in [9.17, 15) is 8.42 Å². The second-order valence-corrected chi connectivity index (χ2v) is 5.18. The maximum Gasteiger partial charge on any atom is 0.191 e. The summed E-state index contributed by atoms with van der Waals surface area (Å²) >= 11 is 0. The molecule has 0 unspecified atom stereocenters. The average Bonchev–Trinajstić information content (AvgIpc) is 2.02. The number of guanidine groups is 1. The van der Waals surface area contributed by atoms with E-state index in [1.165, 1.54) is 6.26 Å². The molecule has 7 heteroatoms. The number of halogens is 1. The van der Waals surface area contributed by atoms with Gasteiger partial charge >= 0.3 is 0 Å². The highest BCUT2D eigenvalue weighted by Crippen LogP contribution is 1.83. The number of aliphatic imine (C=N–C) groups is 1. The largest absolute Gasteiger partial charge is 0.357 e. The Labute approximate surface area is 109 Å². The summed E-state index contributed by atoms with van der Waals surface area (Å²) < 4.78 is 21.6. The van der Waals surface area contributed by atoms with Gasteiger partial charge < -0.3 is 10.6 Å². The fraction of sp³-hybridized carbons (Fsp3) is 0.875. The molecule has 0 fully saturated rings. The smallest absolute Gasteiger partial charge is 0.191 e.